The number of halogens is 3. The Morgan fingerprint density at radius 2 is 2.07 bits per heavy atom. The van der Waals surface area contributed by atoms with Gasteiger partial charge in [0, 0.05) is 6.42 Å². The van der Waals surface area contributed by atoms with Crippen molar-refractivity contribution in [2.45, 2.75) is 25.9 Å². The first-order valence-corrected chi connectivity index (χ1v) is 4.01. The SMILES string of the molecule is CCC(=O)NC(N)=NCCC(F)(F)F. The van der Waals surface area contributed by atoms with Gasteiger partial charge in [-0.1, -0.05) is 6.92 Å². The summed E-state index contributed by atoms with van der Waals surface area (Å²) in [6.07, 6.45) is -5.09. The van der Waals surface area contributed by atoms with Crippen LogP contribution in [0.3, 0.4) is 0 Å². The Morgan fingerprint density at radius 1 is 1.50 bits per heavy atom. The molecular formula is C7H12F3N3O. The van der Waals surface area contributed by atoms with Crippen molar-refractivity contribution in [3.05, 3.63) is 0 Å². The molecule has 0 aliphatic carbocycles. The van der Waals surface area contributed by atoms with E-state index in [0.29, 0.717) is 0 Å². The van der Waals surface area contributed by atoms with Gasteiger partial charge >= 0.3 is 6.18 Å². The molecule has 0 saturated carbocycles. The lowest BCUT2D eigenvalue weighted by molar-refractivity contribution is -0.132. The maximum Gasteiger partial charge on any atom is 0.390 e. The zero-order valence-corrected chi connectivity index (χ0v) is 7.69. The highest BCUT2D eigenvalue weighted by Crippen LogP contribution is 2.18. The summed E-state index contributed by atoms with van der Waals surface area (Å²) in [5, 5.41) is 2.14. The summed E-state index contributed by atoms with van der Waals surface area (Å²) in [5.41, 5.74) is 5.13. The Bertz CT molecular complexity index is 225. The molecule has 0 atom stereocenters. The van der Waals surface area contributed by atoms with Gasteiger partial charge in [0.2, 0.25) is 5.91 Å². The minimum Gasteiger partial charge on any atom is -0.370 e. The van der Waals surface area contributed by atoms with Gasteiger partial charge < -0.3 is 5.73 Å². The van der Waals surface area contributed by atoms with Gasteiger partial charge in [-0.25, -0.2) is 0 Å². The van der Waals surface area contributed by atoms with Crippen molar-refractivity contribution in [2.24, 2.45) is 10.7 Å². The van der Waals surface area contributed by atoms with E-state index in [1.54, 1.807) is 6.92 Å². The van der Waals surface area contributed by atoms with Gasteiger partial charge in [0.15, 0.2) is 5.96 Å². The van der Waals surface area contributed by atoms with E-state index in [4.69, 9.17) is 5.73 Å². The van der Waals surface area contributed by atoms with Gasteiger partial charge in [0.1, 0.15) is 0 Å². The van der Waals surface area contributed by atoms with Crippen LogP contribution >= 0.6 is 0 Å². The summed E-state index contributed by atoms with van der Waals surface area (Å²) in [6.45, 7) is 1.12. The van der Waals surface area contributed by atoms with Crippen LogP contribution in [0.2, 0.25) is 0 Å². The highest BCUT2D eigenvalue weighted by atomic mass is 19.4. The fourth-order valence-corrected chi connectivity index (χ4v) is 0.574. The molecule has 14 heavy (non-hydrogen) atoms. The number of alkyl halides is 3. The molecule has 0 aliphatic rings. The summed E-state index contributed by atoms with van der Waals surface area (Å²) in [4.78, 5) is 14.0. The van der Waals surface area contributed by atoms with Crippen LogP contribution in [0.4, 0.5) is 13.2 Å². The molecule has 4 nitrogen and oxygen atoms in total. The largest absolute Gasteiger partial charge is 0.390 e. The van der Waals surface area contributed by atoms with Crippen LogP contribution in [0.15, 0.2) is 4.99 Å². The fraction of sp³-hybridized carbons (Fsp3) is 0.714. The van der Waals surface area contributed by atoms with Crippen LogP contribution < -0.4 is 11.1 Å². The standard InChI is InChI=1S/C7H12F3N3O/c1-2-5(14)13-6(11)12-4-3-7(8,9)10/h2-4H2,1H3,(H3,11,12,13,14). The van der Waals surface area contributed by atoms with Crippen LogP contribution in [0.25, 0.3) is 0 Å². The van der Waals surface area contributed by atoms with Crippen LogP contribution in [0.5, 0.6) is 0 Å². The zero-order valence-electron chi connectivity index (χ0n) is 7.69. The molecule has 3 N–H and O–H groups in total. The number of carbonyl (C=O) groups is 1. The van der Waals surface area contributed by atoms with Gasteiger partial charge in [0.05, 0.1) is 13.0 Å². The number of rotatable bonds is 3. The highest BCUT2D eigenvalue weighted by Gasteiger charge is 2.26. The number of hydrogen-bond acceptors (Lipinski definition) is 2. The molecule has 7 heteroatoms. The van der Waals surface area contributed by atoms with Gasteiger partial charge in [0.25, 0.3) is 0 Å². The Labute approximate surface area is 79.4 Å². The van der Waals surface area contributed by atoms with Crippen LogP contribution in [-0.2, 0) is 4.79 Å². The Kier molecular flexibility index (Phi) is 4.96. The molecule has 0 bridgehead atoms. The summed E-state index contributed by atoms with van der Waals surface area (Å²) in [6, 6.07) is 0. The average molecular weight is 211 g/mol. The Balaban J connectivity index is 3.83. The molecule has 0 aromatic rings. The first kappa shape index (κ1) is 12.7. The third kappa shape index (κ3) is 7.38. The van der Waals surface area contributed by atoms with Gasteiger partial charge in [-0.3, -0.25) is 15.1 Å². The predicted octanol–water partition coefficient (Wildman–Crippen LogP) is 0.780. The number of carbonyl (C=O) groups excluding carboxylic acids is 1. The van der Waals surface area contributed by atoms with E-state index in [0.717, 1.165) is 0 Å². The Morgan fingerprint density at radius 3 is 2.50 bits per heavy atom. The van der Waals surface area contributed by atoms with E-state index in [-0.39, 0.29) is 18.3 Å². The van der Waals surface area contributed by atoms with Crippen molar-refractivity contribution in [2.75, 3.05) is 6.54 Å². The second-order valence-electron chi connectivity index (χ2n) is 2.53. The van der Waals surface area contributed by atoms with Crippen LogP contribution in [-0.4, -0.2) is 24.6 Å². The smallest absolute Gasteiger partial charge is 0.370 e. The molecule has 0 saturated heterocycles. The minimum atomic E-state index is -4.25. The van der Waals surface area contributed by atoms with E-state index >= 15 is 0 Å². The molecule has 0 aliphatic heterocycles. The van der Waals surface area contributed by atoms with Crippen LogP contribution in [0, 0.1) is 0 Å². The molecule has 0 radical (unpaired) electrons. The molecule has 0 heterocycles. The fourth-order valence-electron chi connectivity index (χ4n) is 0.574. The number of aliphatic imine (C=N–C) groups is 1. The van der Waals surface area contributed by atoms with E-state index in [1.807, 2.05) is 0 Å². The quantitative estimate of drug-likeness (QED) is 0.535. The summed E-state index contributed by atoms with van der Waals surface area (Å²) < 4.78 is 34.9. The predicted molar refractivity (Wildman–Crippen MR) is 45.6 cm³/mol. The maximum atomic E-state index is 11.6. The third-order valence-corrected chi connectivity index (χ3v) is 1.27. The number of nitrogens with two attached hydrogens (primary N) is 1. The zero-order chi connectivity index (χ0) is 11.2. The number of nitrogens with zero attached hydrogens (tertiary/aromatic N) is 1. The van der Waals surface area contributed by atoms with Gasteiger partial charge in [-0.15, -0.1) is 0 Å². The van der Waals surface area contributed by atoms with Gasteiger partial charge in [-0.05, 0) is 0 Å². The molecule has 0 fully saturated rings. The van der Waals surface area contributed by atoms with E-state index in [9.17, 15) is 18.0 Å². The molecular weight excluding hydrogens is 199 g/mol. The van der Waals surface area contributed by atoms with Crippen LogP contribution in [0.1, 0.15) is 19.8 Å². The van der Waals surface area contributed by atoms with Crippen molar-refractivity contribution in [3.8, 4) is 0 Å². The summed E-state index contributed by atoms with van der Waals surface area (Å²) in [7, 11) is 0. The summed E-state index contributed by atoms with van der Waals surface area (Å²) >= 11 is 0. The molecule has 0 unspecified atom stereocenters. The van der Waals surface area contributed by atoms with Crippen molar-refractivity contribution in [1.29, 1.82) is 0 Å². The number of nitrogens with one attached hydrogen (secondary N) is 1. The number of amides is 1. The maximum absolute atomic E-state index is 11.6. The molecule has 0 aromatic carbocycles. The minimum absolute atomic E-state index is 0.204. The van der Waals surface area contributed by atoms with Crippen molar-refractivity contribution >= 4 is 11.9 Å². The highest BCUT2D eigenvalue weighted by molar-refractivity contribution is 5.95. The Hall–Kier alpha value is -1.27. The molecule has 0 rings (SSSR count). The van der Waals surface area contributed by atoms with E-state index in [2.05, 4.69) is 10.3 Å². The van der Waals surface area contributed by atoms with Crippen molar-refractivity contribution in [1.82, 2.24) is 5.32 Å². The second-order valence-corrected chi connectivity index (χ2v) is 2.53. The summed E-state index contributed by atoms with van der Waals surface area (Å²) in [5.74, 6) is -0.653. The molecule has 1 amide bonds. The first-order valence-electron chi connectivity index (χ1n) is 4.01. The molecule has 82 valence electrons. The van der Waals surface area contributed by atoms with Gasteiger partial charge in [-0.2, -0.15) is 13.2 Å². The average Bonchev–Trinajstić information content (AvgIpc) is 2.01. The van der Waals surface area contributed by atoms with E-state index in [1.165, 1.54) is 0 Å². The third-order valence-electron chi connectivity index (χ3n) is 1.27. The lowest BCUT2D eigenvalue weighted by Gasteiger charge is -2.04. The second kappa shape index (κ2) is 5.46. The number of guanidine groups is 1. The lowest BCUT2D eigenvalue weighted by atomic mass is 10.4. The number of hydrogen-bond donors (Lipinski definition) is 2. The van der Waals surface area contributed by atoms with Crippen molar-refractivity contribution in [3.63, 3.8) is 0 Å². The van der Waals surface area contributed by atoms with Crippen molar-refractivity contribution < 1.29 is 18.0 Å². The molecule has 0 aromatic heterocycles. The van der Waals surface area contributed by atoms with E-state index < -0.39 is 19.1 Å². The lowest BCUT2D eigenvalue weighted by Crippen LogP contribution is -2.36. The normalized spacial score (nSPS) is 12.7. The molecule has 0 spiro atoms. The monoisotopic (exact) mass is 211 g/mol. The first-order chi connectivity index (χ1) is 6.35. The topological polar surface area (TPSA) is 67.5 Å².